The van der Waals surface area contributed by atoms with Gasteiger partial charge in [0, 0.05) is 15.2 Å². The predicted octanol–water partition coefficient (Wildman–Crippen LogP) is 4.32. The fourth-order valence-corrected chi connectivity index (χ4v) is 2.27. The second-order valence-electron chi connectivity index (χ2n) is 4.05. The van der Waals surface area contributed by atoms with Crippen LogP contribution in [0.2, 0.25) is 5.02 Å². The standard InChI is InChI=1S/C13H13BrClN3/c1-7-4-9(14)13(6-10(7)15)18-8-2-3-11(16)12(17)5-8/h2-6,18H,16-17H2,1H3. The summed E-state index contributed by atoms with van der Waals surface area (Å²) in [6.07, 6.45) is 0. The summed E-state index contributed by atoms with van der Waals surface area (Å²) in [4.78, 5) is 0. The topological polar surface area (TPSA) is 64.1 Å². The number of nitrogen functional groups attached to an aromatic ring is 2. The van der Waals surface area contributed by atoms with E-state index < -0.39 is 0 Å². The highest BCUT2D eigenvalue weighted by atomic mass is 79.9. The lowest BCUT2D eigenvalue weighted by Crippen LogP contribution is -1.97. The number of hydrogen-bond donors (Lipinski definition) is 3. The highest BCUT2D eigenvalue weighted by Crippen LogP contribution is 2.32. The number of benzene rings is 2. The molecule has 2 aromatic carbocycles. The van der Waals surface area contributed by atoms with Crippen molar-refractivity contribution in [3.8, 4) is 0 Å². The van der Waals surface area contributed by atoms with Crippen molar-refractivity contribution in [2.45, 2.75) is 6.92 Å². The minimum atomic E-state index is 0.550. The normalized spacial score (nSPS) is 10.4. The molecule has 0 fully saturated rings. The van der Waals surface area contributed by atoms with Gasteiger partial charge in [-0.15, -0.1) is 0 Å². The maximum Gasteiger partial charge on any atom is 0.0568 e. The molecule has 0 aromatic heterocycles. The zero-order chi connectivity index (χ0) is 13.3. The van der Waals surface area contributed by atoms with Gasteiger partial charge < -0.3 is 16.8 Å². The number of anilines is 4. The van der Waals surface area contributed by atoms with E-state index in [4.69, 9.17) is 23.1 Å². The summed E-state index contributed by atoms with van der Waals surface area (Å²) in [5.74, 6) is 0. The number of nitrogens with two attached hydrogens (primary N) is 2. The van der Waals surface area contributed by atoms with Crippen LogP contribution in [0.15, 0.2) is 34.8 Å². The van der Waals surface area contributed by atoms with Crippen molar-refractivity contribution < 1.29 is 0 Å². The average molecular weight is 327 g/mol. The highest BCUT2D eigenvalue weighted by Gasteiger charge is 2.05. The molecule has 5 N–H and O–H groups in total. The van der Waals surface area contributed by atoms with Gasteiger partial charge in [-0.2, -0.15) is 0 Å². The molecule has 0 saturated carbocycles. The molecule has 2 rings (SSSR count). The molecule has 2 aromatic rings. The molecule has 0 aliphatic carbocycles. The molecule has 18 heavy (non-hydrogen) atoms. The molecule has 3 nitrogen and oxygen atoms in total. The Labute approximate surface area is 119 Å². The third kappa shape index (κ3) is 2.71. The van der Waals surface area contributed by atoms with Crippen LogP contribution in [0.1, 0.15) is 5.56 Å². The molecule has 0 aliphatic rings. The van der Waals surface area contributed by atoms with E-state index in [9.17, 15) is 0 Å². The summed E-state index contributed by atoms with van der Waals surface area (Å²) in [6, 6.07) is 9.25. The van der Waals surface area contributed by atoms with E-state index in [0.29, 0.717) is 16.4 Å². The Morgan fingerprint density at radius 3 is 2.50 bits per heavy atom. The van der Waals surface area contributed by atoms with Gasteiger partial charge in [-0.3, -0.25) is 0 Å². The molecule has 0 radical (unpaired) electrons. The zero-order valence-electron chi connectivity index (χ0n) is 9.80. The van der Waals surface area contributed by atoms with Crippen LogP contribution < -0.4 is 16.8 Å². The van der Waals surface area contributed by atoms with Crippen LogP contribution in [0.5, 0.6) is 0 Å². The SMILES string of the molecule is Cc1cc(Br)c(Nc2ccc(N)c(N)c2)cc1Cl. The lowest BCUT2D eigenvalue weighted by Gasteiger charge is -2.11. The number of rotatable bonds is 2. The van der Waals surface area contributed by atoms with E-state index >= 15 is 0 Å². The Kier molecular flexibility index (Phi) is 3.68. The highest BCUT2D eigenvalue weighted by molar-refractivity contribution is 9.10. The minimum Gasteiger partial charge on any atom is -0.397 e. The fourth-order valence-electron chi connectivity index (χ4n) is 1.55. The number of nitrogens with one attached hydrogen (secondary N) is 1. The Balaban J connectivity index is 2.34. The van der Waals surface area contributed by atoms with Gasteiger partial charge in [0.1, 0.15) is 0 Å². The molecule has 0 aliphatic heterocycles. The van der Waals surface area contributed by atoms with Crippen LogP contribution >= 0.6 is 27.5 Å². The van der Waals surface area contributed by atoms with E-state index in [1.54, 1.807) is 12.1 Å². The van der Waals surface area contributed by atoms with E-state index in [-0.39, 0.29) is 0 Å². The van der Waals surface area contributed by atoms with Crippen LogP contribution in [0.3, 0.4) is 0 Å². The molecule has 0 amide bonds. The Morgan fingerprint density at radius 1 is 1.11 bits per heavy atom. The molecule has 0 saturated heterocycles. The first kappa shape index (κ1) is 13.1. The fraction of sp³-hybridized carbons (Fsp3) is 0.0769. The number of hydrogen-bond acceptors (Lipinski definition) is 3. The molecular weight excluding hydrogens is 314 g/mol. The van der Waals surface area contributed by atoms with E-state index in [1.165, 1.54) is 0 Å². The second kappa shape index (κ2) is 5.08. The first-order valence-electron chi connectivity index (χ1n) is 5.35. The molecule has 0 bridgehead atoms. The summed E-state index contributed by atoms with van der Waals surface area (Å²) >= 11 is 9.60. The van der Waals surface area contributed by atoms with Gasteiger partial charge >= 0.3 is 0 Å². The number of halogens is 2. The van der Waals surface area contributed by atoms with E-state index in [0.717, 1.165) is 21.4 Å². The third-order valence-electron chi connectivity index (χ3n) is 2.61. The molecule has 0 spiro atoms. The molecule has 0 heterocycles. The first-order chi connectivity index (χ1) is 8.47. The maximum atomic E-state index is 6.10. The quantitative estimate of drug-likeness (QED) is 0.720. The van der Waals surface area contributed by atoms with Gasteiger partial charge in [-0.1, -0.05) is 11.6 Å². The monoisotopic (exact) mass is 325 g/mol. The second-order valence-corrected chi connectivity index (χ2v) is 5.31. The molecule has 0 unspecified atom stereocenters. The minimum absolute atomic E-state index is 0.550. The van der Waals surface area contributed by atoms with Gasteiger partial charge in [0.2, 0.25) is 0 Å². The summed E-state index contributed by atoms with van der Waals surface area (Å²) in [6.45, 7) is 1.96. The zero-order valence-corrected chi connectivity index (χ0v) is 12.1. The Morgan fingerprint density at radius 2 is 1.83 bits per heavy atom. The smallest absolute Gasteiger partial charge is 0.0568 e. The molecular formula is C13H13BrClN3. The Hall–Kier alpha value is -1.39. The van der Waals surface area contributed by atoms with Gasteiger partial charge in [-0.05, 0) is 58.7 Å². The predicted molar refractivity (Wildman–Crippen MR) is 82.4 cm³/mol. The van der Waals surface area contributed by atoms with Gasteiger partial charge in [0.05, 0.1) is 17.1 Å². The molecule has 5 heteroatoms. The third-order valence-corrected chi connectivity index (χ3v) is 3.68. The van der Waals surface area contributed by atoms with Crippen LogP contribution in [0.25, 0.3) is 0 Å². The van der Waals surface area contributed by atoms with Crippen molar-refractivity contribution in [1.82, 2.24) is 0 Å². The van der Waals surface area contributed by atoms with Crippen LogP contribution in [0.4, 0.5) is 22.7 Å². The first-order valence-corrected chi connectivity index (χ1v) is 6.52. The van der Waals surface area contributed by atoms with E-state index in [2.05, 4.69) is 21.2 Å². The maximum absolute atomic E-state index is 6.10. The van der Waals surface area contributed by atoms with Crippen molar-refractivity contribution in [2.24, 2.45) is 0 Å². The summed E-state index contributed by atoms with van der Waals surface area (Å²) in [5, 5.41) is 3.95. The van der Waals surface area contributed by atoms with Crippen molar-refractivity contribution in [1.29, 1.82) is 0 Å². The van der Waals surface area contributed by atoms with Crippen molar-refractivity contribution >= 4 is 50.3 Å². The van der Waals surface area contributed by atoms with E-state index in [1.807, 2.05) is 25.1 Å². The lowest BCUT2D eigenvalue weighted by molar-refractivity contribution is 1.43. The Bertz CT molecular complexity index is 599. The van der Waals surface area contributed by atoms with Crippen LogP contribution in [0, 0.1) is 6.92 Å². The van der Waals surface area contributed by atoms with Crippen LogP contribution in [-0.4, -0.2) is 0 Å². The van der Waals surface area contributed by atoms with Gasteiger partial charge in [0.15, 0.2) is 0 Å². The van der Waals surface area contributed by atoms with Crippen molar-refractivity contribution in [3.63, 3.8) is 0 Å². The lowest BCUT2D eigenvalue weighted by atomic mass is 10.2. The van der Waals surface area contributed by atoms with Gasteiger partial charge in [0.25, 0.3) is 0 Å². The van der Waals surface area contributed by atoms with Gasteiger partial charge in [-0.25, -0.2) is 0 Å². The van der Waals surface area contributed by atoms with Crippen LogP contribution in [-0.2, 0) is 0 Å². The largest absolute Gasteiger partial charge is 0.397 e. The van der Waals surface area contributed by atoms with Crippen molar-refractivity contribution in [3.05, 3.63) is 45.4 Å². The summed E-state index contributed by atoms with van der Waals surface area (Å²) in [5.41, 5.74) is 15.3. The number of aryl methyl sites for hydroxylation is 1. The summed E-state index contributed by atoms with van der Waals surface area (Å²) < 4.78 is 0.944. The summed E-state index contributed by atoms with van der Waals surface area (Å²) in [7, 11) is 0. The molecule has 94 valence electrons. The molecule has 0 atom stereocenters. The average Bonchev–Trinajstić information content (AvgIpc) is 2.31. The van der Waals surface area contributed by atoms with Crippen molar-refractivity contribution in [2.75, 3.05) is 16.8 Å².